The van der Waals surface area contributed by atoms with E-state index in [2.05, 4.69) is 31.4 Å². The topological polar surface area (TPSA) is 0 Å². The Bertz CT molecular complexity index is 152. The predicted molar refractivity (Wildman–Crippen MR) is 57.7 cm³/mol. The molecular formula is C11H21CuSi. The van der Waals surface area contributed by atoms with Crippen molar-refractivity contribution in [3.05, 3.63) is 11.8 Å². The van der Waals surface area contributed by atoms with Crippen LogP contribution in [0, 0.1) is 11.6 Å². The summed E-state index contributed by atoms with van der Waals surface area (Å²) in [4.78, 5) is 0. The van der Waals surface area contributed by atoms with E-state index in [1.54, 1.807) is 0 Å². The van der Waals surface area contributed by atoms with Crippen LogP contribution in [-0.4, -0.2) is 8.07 Å². The van der Waals surface area contributed by atoms with Crippen LogP contribution in [0.5, 0.6) is 0 Å². The van der Waals surface area contributed by atoms with E-state index in [-0.39, 0.29) is 17.1 Å². The van der Waals surface area contributed by atoms with Gasteiger partial charge in [-0.05, 0) is 12.8 Å². The van der Waals surface area contributed by atoms with E-state index in [0.717, 1.165) is 5.92 Å². The molecule has 1 aliphatic carbocycles. The summed E-state index contributed by atoms with van der Waals surface area (Å²) in [5.41, 5.74) is 3.61. The summed E-state index contributed by atoms with van der Waals surface area (Å²) in [6.07, 6.45) is 9.54. The minimum Gasteiger partial charge on any atom is -0.501 e. The van der Waals surface area contributed by atoms with Gasteiger partial charge in [0, 0.05) is 0 Å². The summed E-state index contributed by atoms with van der Waals surface area (Å²) in [5, 5.41) is 0. The summed E-state index contributed by atoms with van der Waals surface area (Å²) < 4.78 is 0. The summed E-state index contributed by atoms with van der Waals surface area (Å²) in [6, 6.07) is 0. The maximum Gasteiger partial charge on any atom is 1.00 e. The van der Waals surface area contributed by atoms with Crippen LogP contribution in [0.15, 0.2) is 6.08 Å². The van der Waals surface area contributed by atoms with E-state index in [1.807, 2.05) is 0 Å². The number of allylic oxidation sites excluding steroid dienone is 1. The maximum atomic E-state index is 3.61. The fourth-order valence-corrected chi connectivity index (χ4v) is 2.40. The fourth-order valence-electron chi connectivity index (χ4n) is 1.67. The molecular weight excluding hydrogens is 224 g/mol. The third-order valence-electron chi connectivity index (χ3n) is 2.40. The summed E-state index contributed by atoms with van der Waals surface area (Å²) >= 11 is 0. The first-order valence-electron chi connectivity index (χ1n) is 5.19. The van der Waals surface area contributed by atoms with Crippen molar-refractivity contribution in [3.8, 4) is 0 Å². The van der Waals surface area contributed by atoms with E-state index in [4.69, 9.17) is 0 Å². The van der Waals surface area contributed by atoms with Gasteiger partial charge in [-0.15, -0.1) is 8.07 Å². The molecule has 2 heteroatoms. The maximum absolute atomic E-state index is 3.61. The first kappa shape index (κ1) is 13.5. The molecule has 1 fully saturated rings. The van der Waals surface area contributed by atoms with Gasteiger partial charge in [0.15, 0.2) is 0 Å². The molecule has 1 rings (SSSR count). The summed E-state index contributed by atoms with van der Waals surface area (Å²) in [6.45, 7) is 7.06. The Morgan fingerprint density at radius 1 is 1.08 bits per heavy atom. The van der Waals surface area contributed by atoms with Gasteiger partial charge in [0.05, 0.1) is 0 Å². The van der Waals surface area contributed by atoms with Gasteiger partial charge in [0.1, 0.15) is 0 Å². The molecule has 1 saturated carbocycles. The van der Waals surface area contributed by atoms with E-state index < -0.39 is 8.07 Å². The van der Waals surface area contributed by atoms with Gasteiger partial charge in [0.25, 0.3) is 0 Å². The molecule has 0 saturated heterocycles. The van der Waals surface area contributed by atoms with E-state index in [0.29, 0.717) is 0 Å². The smallest absolute Gasteiger partial charge is 0.501 e. The minimum absolute atomic E-state index is 0. The molecule has 0 atom stereocenters. The second-order valence-corrected chi connectivity index (χ2v) is 9.75. The zero-order valence-electron chi connectivity index (χ0n) is 8.99. The molecule has 0 radical (unpaired) electrons. The average molecular weight is 245 g/mol. The third-order valence-corrected chi connectivity index (χ3v) is 3.43. The Kier molecular flexibility index (Phi) is 6.27. The first-order valence-corrected chi connectivity index (χ1v) is 8.69. The van der Waals surface area contributed by atoms with Crippen molar-refractivity contribution in [1.82, 2.24) is 0 Å². The first-order chi connectivity index (χ1) is 5.58. The third kappa shape index (κ3) is 6.53. The van der Waals surface area contributed by atoms with Crippen molar-refractivity contribution < 1.29 is 17.1 Å². The van der Waals surface area contributed by atoms with Crippen LogP contribution in [-0.2, 0) is 17.1 Å². The van der Waals surface area contributed by atoms with Crippen LogP contribution in [0.2, 0.25) is 19.6 Å². The molecule has 0 aliphatic heterocycles. The van der Waals surface area contributed by atoms with Crippen molar-refractivity contribution in [2.24, 2.45) is 5.92 Å². The average Bonchev–Trinajstić information content (AvgIpc) is 2.02. The fraction of sp³-hybridized carbons (Fsp3) is 0.818. The van der Waals surface area contributed by atoms with Gasteiger partial charge in [-0.25, -0.2) is 0 Å². The van der Waals surface area contributed by atoms with Gasteiger partial charge >= 0.3 is 17.1 Å². The number of hydrogen-bond acceptors (Lipinski definition) is 0. The van der Waals surface area contributed by atoms with Crippen LogP contribution >= 0.6 is 0 Å². The zero-order valence-corrected chi connectivity index (χ0v) is 10.9. The van der Waals surface area contributed by atoms with Crippen molar-refractivity contribution in [2.75, 3.05) is 0 Å². The second kappa shape index (κ2) is 6.05. The Morgan fingerprint density at radius 2 is 1.62 bits per heavy atom. The Labute approximate surface area is 94.7 Å². The van der Waals surface area contributed by atoms with Crippen molar-refractivity contribution in [1.29, 1.82) is 0 Å². The molecule has 0 aromatic heterocycles. The largest absolute Gasteiger partial charge is 1.00 e. The molecule has 0 amide bonds. The summed E-state index contributed by atoms with van der Waals surface area (Å²) in [5.74, 6) is 0.866. The monoisotopic (exact) mass is 244 g/mol. The van der Waals surface area contributed by atoms with Crippen LogP contribution < -0.4 is 0 Å². The number of rotatable bonds is 2. The second-order valence-electron chi connectivity index (χ2n) is 4.96. The molecule has 0 aromatic rings. The predicted octanol–water partition coefficient (Wildman–Crippen LogP) is 3.80. The Hall–Kier alpha value is 0.476. The van der Waals surface area contributed by atoms with Crippen molar-refractivity contribution in [3.63, 3.8) is 0 Å². The Balaban J connectivity index is 0.00000144. The quantitative estimate of drug-likeness (QED) is 0.512. The molecule has 0 bridgehead atoms. The molecule has 0 nitrogen and oxygen atoms in total. The van der Waals surface area contributed by atoms with Gasteiger partial charge in [-0.2, -0.15) is 0 Å². The van der Waals surface area contributed by atoms with E-state index in [1.165, 1.54) is 32.1 Å². The van der Waals surface area contributed by atoms with Crippen LogP contribution in [0.1, 0.15) is 32.1 Å². The SMILES string of the molecule is C[Si](C)(C)[C-]=CC1CCCCC1.[Cu+]. The molecule has 0 heterocycles. The van der Waals surface area contributed by atoms with E-state index in [9.17, 15) is 0 Å². The molecule has 0 N–H and O–H groups in total. The minimum atomic E-state index is -1.05. The summed E-state index contributed by atoms with van der Waals surface area (Å²) in [7, 11) is -1.05. The normalized spacial score (nSPS) is 20.2. The molecule has 0 unspecified atom stereocenters. The van der Waals surface area contributed by atoms with E-state index >= 15 is 0 Å². The molecule has 0 spiro atoms. The van der Waals surface area contributed by atoms with Gasteiger partial charge in [0.2, 0.25) is 0 Å². The number of hydrogen-bond donors (Lipinski definition) is 0. The molecule has 0 aromatic carbocycles. The van der Waals surface area contributed by atoms with Gasteiger partial charge in [-0.3, -0.25) is 6.08 Å². The van der Waals surface area contributed by atoms with Crippen LogP contribution in [0.4, 0.5) is 0 Å². The van der Waals surface area contributed by atoms with Crippen molar-refractivity contribution in [2.45, 2.75) is 51.7 Å². The van der Waals surface area contributed by atoms with Gasteiger partial charge in [-0.1, -0.05) is 44.8 Å². The standard InChI is InChI=1S/C11H21Si.Cu/c1-12(2,3)10-9-11-7-5-4-6-8-11;/h9,11H,4-8H2,1-3H3;/q-1;+1. The molecule has 80 valence electrons. The van der Waals surface area contributed by atoms with Crippen LogP contribution in [0.25, 0.3) is 0 Å². The molecule has 1 aliphatic rings. The molecule has 13 heavy (non-hydrogen) atoms. The van der Waals surface area contributed by atoms with Crippen LogP contribution in [0.3, 0.4) is 0 Å². The zero-order chi connectivity index (χ0) is 9.03. The Morgan fingerprint density at radius 3 is 2.08 bits per heavy atom. The van der Waals surface area contributed by atoms with Gasteiger partial charge < -0.3 is 5.70 Å². The van der Waals surface area contributed by atoms with Crippen molar-refractivity contribution >= 4 is 8.07 Å².